The fourth-order valence-corrected chi connectivity index (χ4v) is 4.80. The topological polar surface area (TPSA) is 53.4 Å². The van der Waals surface area contributed by atoms with E-state index in [4.69, 9.17) is 0 Å². The lowest BCUT2D eigenvalue weighted by Gasteiger charge is -2.33. The first-order chi connectivity index (χ1) is 14.2. The lowest BCUT2D eigenvalue weighted by Crippen LogP contribution is -2.44. The summed E-state index contributed by atoms with van der Waals surface area (Å²) >= 11 is 0. The molecule has 0 saturated carbocycles. The lowest BCUT2D eigenvalue weighted by atomic mass is 10.1. The highest BCUT2D eigenvalue weighted by atomic mass is 16.2. The predicted octanol–water partition coefficient (Wildman–Crippen LogP) is 3.12. The molecule has 6 nitrogen and oxygen atoms in total. The Morgan fingerprint density at radius 1 is 1.10 bits per heavy atom. The van der Waals surface area contributed by atoms with Gasteiger partial charge in [0, 0.05) is 31.7 Å². The van der Waals surface area contributed by atoms with Crippen LogP contribution in [-0.4, -0.2) is 59.2 Å². The second-order valence-electron chi connectivity index (χ2n) is 8.22. The lowest BCUT2D eigenvalue weighted by molar-refractivity contribution is 0.243. The first kappa shape index (κ1) is 18.2. The molecule has 0 spiro atoms. The van der Waals surface area contributed by atoms with Crippen molar-refractivity contribution >= 4 is 22.8 Å². The molecular weight excluding hydrogens is 362 g/mol. The van der Waals surface area contributed by atoms with Gasteiger partial charge in [-0.2, -0.15) is 0 Å². The van der Waals surface area contributed by atoms with Gasteiger partial charge < -0.3 is 10.2 Å². The molecule has 6 heteroatoms. The Labute approximate surface area is 171 Å². The number of aromatic nitrogens is 2. The zero-order valence-corrected chi connectivity index (χ0v) is 16.8. The van der Waals surface area contributed by atoms with Crippen LogP contribution in [0.3, 0.4) is 0 Å². The zero-order valence-electron chi connectivity index (χ0n) is 16.8. The summed E-state index contributed by atoms with van der Waals surface area (Å²) in [6.45, 7) is 2.79. The summed E-state index contributed by atoms with van der Waals surface area (Å²) < 4.78 is 1.64. The minimum Gasteiger partial charge on any atom is -0.364 e. The van der Waals surface area contributed by atoms with E-state index < -0.39 is 0 Å². The van der Waals surface area contributed by atoms with Crippen LogP contribution in [0.2, 0.25) is 0 Å². The summed E-state index contributed by atoms with van der Waals surface area (Å²) in [6, 6.07) is 17.6. The molecule has 1 N–H and O–H groups in total. The minimum atomic E-state index is -0.111. The Bertz CT molecular complexity index is 1010. The van der Waals surface area contributed by atoms with Gasteiger partial charge in [-0.05, 0) is 44.0 Å². The maximum Gasteiger partial charge on any atom is 0.327 e. The number of hydrogen-bond donors (Lipinski definition) is 1. The molecule has 150 valence electrons. The van der Waals surface area contributed by atoms with Crippen molar-refractivity contribution in [3.8, 4) is 0 Å². The summed E-state index contributed by atoms with van der Waals surface area (Å²) in [6.07, 6.45) is 4.75. The second-order valence-corrected chi connectivity index (χ2v) is 8.22. The minimum absolute atomic E-state index is 0.111. The van der Waals surface area contributed by atoms with Crippen molar-refractivity contribution in [3.63, 3.8) is 0 Å². The van der Waals surface area contributed by atoms with Crippen molar-refractivity contribution in [2.45, 2.75) is 31.3 Å². The van der Waals surface area contributed by atoms with Crippen LogP contribution in [0.4, 0.5) is 10.5 Å². The number of hydrogen-bond acceptors (Lipinski definition) is 4. The second kappa shape index (κ2) is 7.52. The number of nitrogens with one attached hydrogen (secondary N) is 1. The summed E-state index contributed by atoms with van der Waals surface area (Å²) in [7, 11) is 2.21. The molecular formula is C23H27N5O. The number of fused-ring (bicyclic) bond motifs is 3. The SMILES string of the molecule is CN1C[C@@H]2C[C@H]1CN2c1cccc2c1ncn2C(=O)NCCCc1ccccc1. The Hall–Kier alpha value is -2.86. The molecule has 2 aliphatic heterocycles. The van der Waals surface area contributed by atoms with E-state index >= 15 is 0 Å². The molecule has 2 fully saturated rings. The van der Waals surface area contributed by atoms with Crippen molar-refractivity contribution in [1.82, 2.24) is 19.8 Å². The summed E-state index contributed by atoms with van der Waals surface area (Å²) in [5.74, 6) is 0. The van der Waals surface area contributed by atoms with Crippen LogP contribution in [0.25, 0.3) is 11.0 Å². The number of carbonyl (C=O) groups is 1. The van der Waals surface area contributed by atoms with Gasteiger partial charge in [0.25, 0.3) is 0 Å². The number of imidazole rings is 1. The summed E-state index contributed by atoms with van der Waals surface area (Å²) in [4.78, 5) is 22.3. The summed E-state index contributed by atoms with van der Waals surface area (Å²) in [5, 5.41) is 3.03. The highest BCUT2D eigenvalue weighted by Crippen LogP contribution is 2.36. The van der Waals surface area contributed by atoms with E-state index in [1.807, 2.05) is 30.3 Å². The number of rotatable bonds is 5. The number of piperazine rings is 1. The fraction of sp³-hybridized carbons (Fsp3) is 0.391. The van der Waals surface area contributed by atoms with Gasteiger partial charge >= 0.3 is 6.03 Å². The quantitative estimate of drug-likeness (QED) is 0.682. The normalized spacial score (nSPS) is 21.2. The maximum atomic E-state index is 12.7. The third kappa shape index (κ3) is 3.38. The van der Waals surface area contributed by atoms with Gasteiger partial charge in [0.15, 0.2) is 0 Å². The molecule has 3 heterocycles. The first-order valence-corrected chi connectivity index (χ1v) is 10.5. The van der Waals surface area contributed by atoms with Gasteiger partial charge in [0.2, 0.25) is 0 Å². The molecule has 3 aromatic rings. The van der Waals surface area contributed by atoms with Gasteiger partial charge in [0.05, 0.1) is 11.2 Å². The van der Waals surface area contributed by atoms with Crippen molar-refractivity contribution in [2.75, 3.05) is 31.6 Å². The number of carbonyl (C=O) groups excluding carboxylic acids is 1. The van der Waals surface area contributed by atoms with E-state index in [0.717, 1.165) is 42.7 Å². The molecule has 29 heavy (non-hydrogen) atoms. The molecule has 1 amide bonds. The van der Waals surface area contributed by atoms with Crippen molar-refractivity contribution in [1.29, 1.82) is 0 Å². The number of aryl methyl sites for hydroxylation is 1. The van der Waals surface area contributed by atoms with Gasteiger partial charge in [0.1, 0.15) is 11.8 Å². The van der Waals surface area contributed by atoms with Crippen LogP contribution in [-0.2, 0) is 6.42 Å². The Balaban J connectivity index is 1.27. The Kier molecular flexibility index (Phi) is 4.72. The van der Waals surface area contributed by atoms with Gasteiger partial charge in [-0.25, -0.2) is 9.78 Å². The highest BCUT2D eigenvalue weighted by molar-refractivity contribution is 5.95. The largest absolute Gasteiger partial charge is 0.364 e. The van der Waals surface area contributed by atoms with Gasteiger partial charge in [-0.1, -0.05) is 36.4 Å². The van der Waals surface area contributed by atoms with E-state index in [-0.39, 0.29) is 6.03 Å². The zero-order chi connectivity index (χ0) is 19.8. The summed E-state index contributed by atoms with van der Waals surface area (Å²) in [5.41, 5.74) is 4.24. The van der Waals surface area contributed by atoms with Crippen LogP contribution in [0, 0.1) is 0 Å². The molecule has 2 aromatic carbocycles. The van der Waals surface area contributed by atoms with E-state index in [9.17, 15) is 4.79 Å². The Morgan fingerprint density at radius 2 is 1.97 bits per heavy atom. The molecule has 2 aliphatic rings. The number of anilines is 1. The van der Waals surface area contributed by atoms with Crippen molar-refractivity contribution < 1.29 is 4.79 Å². The number of para-hydroxylation sites is 1. The van der Waals surface area contributed by atoms with E-state index in [1.165, 1.54) is 12.0 Å². The van der Waals surface area contributed by atoms with Crippen molar-refractivity contribution in [3.05, 3.63) is 60.4 Å². The van der Waals surface area contributed by atoms with Crippen molar-refractivity contribution in [2.24, 2.45) is 0 Å². The third-order valence-electron chi connectivity index (χ3n) is 6.36. The van der Waals surface area contributed by atoms with Crippen LogP contribution in [0.5, 0.6) is 0 Å². The average molecular weight is 390 g/mol. The standard InChI is InChI=1S/C23H27N5O/c1-26-14-19-13-18(26)15-27(19)20-10-5-11-21-22(20)25-16-28(21)23(29)24-12-6-9-17-7-3-2-4-8-17/h2-5,7-8,10-11,16,18-19H,6,9,12-15H2,1H3,(H,24,29)/t18-,19-/m0/s1. The fourth-order valence-electron chi connectivity index (χ4n) is 4.80. The number of likely N-dealkylation sites (tertiary alicyclic amines) is 1. The van der Waals surface area contributed by atoms with Crippen LogP contribution < -0.4 is 10.2 Å². The van der Waals surface area contributed by atoms with Crippen LogP contribution in [0.1, 0.15) is 18.4 Å². The molecule has 5 rings (SSSR count). The number of benzene rings is 2. The van der Waals surface area contributed by atoms with E-state index in [0.29, 0.717) is 18.6 Å². The Morgan fingerprint density at radius 3 is 2.72 bits per heavy atom. The first-order valence-electron chi connectivity index (χ1n) is 10.5. The van der Waals surface area contributed by atoms with Gasteiger partial charge in [-0.15, -0.1) is 0 Å². The van der Waals surface area contributed by atoms with Gasteiger partial charge in [-0.3, -0.25) is 9.47 Å². The van der Waals surface area contributed by atoms with Crippen LogP contribution >= 0.6 is 0 Å². The molecule has 0 radical (unpaired) electrons. The van der Waals surface area contributed by atoms with Crippen LogP contribution in [0.15, 0.2) is 54.9 Å². The number of amides is 1. The third-order valence-corrected chi connectivity index (χ3v) is 6.36. The van der Waals surface area contributed by atoms with E-state index in [1.54, 1.807) is 10.9 Å². The smallest absolute Gasteiger partial charge is 0.327 e. The molecule has 2 atom stereocenters. The molecule has 0 unspecified atom stereocenters. The maximum absolute atomic E-state index is 12.7. The molecule has 2 bridgehead atoms. The number of likely N-dealkylation sites (N-methyl/N-ethyl adjacent to an activating group) is 1. The molecule has 1 aromatic heterocycles. The predicted molar refractivity (Wildman–Crippen MR) is 115 cm³/mol. The monoisotopic (exact) mass is 389 g/mol. The molecule has 0 aliphatic carbocycles. The highest BCUT2D eigenvalue weighted by Gasteiger charge is 2.42. The van der Waals surface area contributed by atoms with E-state index in [2.05, 4.69) is 45.3 Å². The molecule has 2 saturated heterocycles. The average Bonchev–Trinajstić information content (AvgIpc) is 3.45. The number of nitrogens with zero attached hydrogens (tertiary/aromatic N) is 4.